The number of hydrogen-bond donors (Lipinski definition) is 0. The molecule has 1 aliphatic rings. The van der Waals surface area contributed by atoms with E-state index in [2.05, 4.69) is 0 Å². The van der Waals surface area contributed by atoms with Gasteiger partial charge in [0, 0.05) is 24.9 Å². The van der Waals surface area contributed by atoms with E-state index in [1.165, 1.54) is 25.0 Å². The maximum absolute atomic E-state index is 12.6. The lowest BCUT2D eigenvalue weighted by Crippen LogP contribution is -2.36. The third kappa shape index (κ3) is 4.02. The van der Waals surface area contributed by atoms with Crippen LogP contribution >= 0.6 is 11.6 Å². The second-order valence-corrected chi connectivity index (χ2v) is 8.37. The zero-order valence-corrected chi connectivity index (χ0v) is 14.6. The van der Waals surface area contributed by atoms with Gasteiger partial charge in [0.05, 0.1) is 9.92 Å². The maximum atomic E-state index is 12.6. The van der Waals surface area contributed by atoms with Crippen molar-refractivity contribution in [1.29, 1.82) is 0 Å². The SMILES string of the molecule is CN(C(=O)c1ccc(Cl)c(S(C)(=O)=O)c1)C1CCCCCC1. The lowest BCUT2D eigenvalue weighted by atomic mass is 10.1. The highest BCUT2D eigenvalue weighted by Crippen LogP contribution is 2.25. The Morgan fingerprint density at radius 2 is 1.77 bits per heavy atom. The molecule has 4 nitrogen and oxygen atoms in total. The molecule has 1 aromatic rings. The second-order valence-electron chi connectivity index (χ2n) is 5.98. The van der Waals surface area contributed by atoms with Crippen LogP contribution in [0.4, 0.5) is 0 Å². The Morgan fingerprint density at radius 3 is 2.32 bits per heavy atom. The second kappa shape index (κ2) is 7.01. The molecule has 2 rings (SSSR count). The fourth-order valence-corrected chi connectivity index (χ4v) is 4.24. The van der Waals surface area contributed by atoms with Crippen molar-refractivity contribution < 1.29 is 13.2 Å². The summed E-state index contributed by atoms with van der Waals surface area (Å²) in [4.78, 5) is 14.4. The van der Waals surface area contributed by atoms with Gasteiger partial charge in [-0.15, -0.1) is 0 Å². The average molecular weight is 344 g/mol. The van der Waals surface area contributed by atoms with Crippen molar-refractivity contribution in [3.63, 3.8) is 0 Å². The summed E-state index contributed by atoms with van der Waals surface area (Å²) < 4.78 is 23.5. The highest BCUT2D eigenvalue weighted by atomic mass is 35.5. The van der Waals surface area contributed by atoms with Crippen LogP contribution in [-0.2, 0) is 9.84 Å². The van der Waals surface area contributed by atoms with Crippen LogP contribution in [0.25, 0.3) is 0 Å². The van der Waals surface area contributed by atoms with E-state index >= 15 is 0 Å². The molecule has 1 amide bonds. The highest BCUT2D eigenvalue weighted by Gasteiger charge is 2.23. The molecule has 22 heavy (non-hydrogen) atoms. The van der Waals surface area contributed by atoms with Gasteiger partial charge in [-0.05, 0) is 31.0 Å². The van der Waals surface area contributed by atoms with E-state index in [4.69, 9.17) is 11.6 Å². The predicted molar refractivity (Wildman–Crippen MR) is 88.1 cm³/mol. The smallest absolute Gasteiger partial charge is 0.253 e. The Kier molecular flexibility index (Phi) is 5.50. The van der Waals surface area contributed by atoms with Crippen LogP contribution in [0.5, 0.6) is 0 Å². The van der Waals surface area contributed by atoms with E-state index in [0.717, 1.165) is 31.9 Å². The largest absolute Gasteiger partial charge is 0.339 e. The molecule has 0 spiro atoms. The number of hydrogen-bond acceptors (Lipinski definition) is 3. The van der Waals surface area contributed by atoms with E-state index in [-0.39, 0.29) is 21.9 Å². The average Bonchev–Trinajstić information content (AvgIpc) is 2.74. The Labute approximate surface area is 137 Å². The van der Waals surface area contributed by atoms with Gasteiger partial charge in [0.25, 0.3) is 5.91 Å². The molecule has 1 fully saturated rings. The molecule has 0 heterocycles. The summed E-state index contributed by atoms with van der Waals surface area (Å²) in [6.07, 6.45) is 7.82. The fourth-order valence-electron chi connectivity index (χ4n) is 2.94. The molecular formula is C16H22ClNO3S. The van der Waals surface area contributed by atoms with Crippen molar-refractivity contribution >= 4 is 27.3 Å². The summed E-state index contributed by atoms with van der Waals surface area (Å²) in [5, 5.41) is 0.149. The summed E-state index contributed by atoms with van der Waals surface area (Å²) in [7, 11) is -1.65. The van der Waals surface area contributed by atoms with Crippen LogP contribution in [-0.4, -0.2) is 38.6 Å². The number of amides is 1. The standard InChI is InChI=1S/C16H22ClNO3S/c1-18(13-7-5-3-4-6-8-13)16(19)12-9-10-14(17)15(11-12)22(2,20)21/h9-11,13H,3-8H2,1-2H3. The van der Waals surface area contributed by atoms with E-state index in [0.29, 0.717) is 5.56 Å². The van der Waals surface area contributed by atoms with Crippen LogP contribution < -0.4 is 0 Å². The van der Waals surface area contributed by atoms with Gasteiger partial charge >= 0.3 is 0 Å². The number of rotatable bonds is 3. The molecule has 0 radical (unpaired) electrons. The Bertz CT molecular complexity index is 649. The third-order valence-electron chi connectivity index (χ3n) is 4.27. The Hall–Kier alpha value is -1.07. The third-order valence-corrected chi connectivity index (χ3v) is 5.85. The van der Waals surface area contributed by atoms with Gasteiger partial charge in [0.2, 0.25) is 0 Å². The first-order chi connectivity index (χ1) is 10.3. The molecule has 0 atom stereocenters. The minimum Gasteiger partial charge on any atom is -0.339 e. The molecule has 0 saturated heterocycles. The number of halogens is 1. The Morgan fingerprint density at radius 1 is 1.18 bits per heavy atom. The topological polar surface area (TPSA) is 54.5 Å². The van der Waals surface area contributed by atoms with E-state index < -0.39 is 9.84 Å². The molecule has 0 N–H and O–H groups in total. The lowest BCUT2D eigenvalue weighted by Gasteiger charge is -2.27. The monoisotopic (exact) mass is 343 g/mol. The summed E-state index contributed by atoms with van der Waals surface area (Å²) in [5.41, 5.74) is 0.372. The molecule has 122 valence electrons. The summed E-state index contributed by atoms with van der Waals surface area (Å²) in [6, 6.07) is 4.68. The number of nitrogens with zero attached hydrogens (tertiary/aromatic N) is 1. The van der Waals surface area contributed by atoms with Crippen LogP contribution in [0.1, 0.15) is 48.9 Å². The molecule has 6 heteroatoms. The number of benzene rings is 1. The van der Waals surface area contributed by atoms with E-state index in [9.17, 15) is 13.2 Å². The summed E-state index contributed by atoms with van der Waals surface area (Å²) >= 11 is 5.93. The first-order valence-corrected chi connectivity index (χ1v) is 9.84. The number of carbonyl (C=O) groups is 1. The van der Waals surface area contributed by atoms with Crippen molar-refractivity contribution in [2.75, 3.05) is 13.3 Å². The molecule has 1 aromatic carbocycles. The van der Waals surface area contributed by atoms with Gasteiger partial charge in [0.15, 0.2) is 9.84 Å². The van der Waals surface area contributed by atoms with Gasteiger partial charge in [-0.2, -0.15) is 0 Å². The first kappa shape index (κ1) is 17.3. The normalized spacial score (nSPS) is 17.0. The molecule has 1 saturated carbocycles. The Balaban J connectivity index is 2.25. The molecule has 0 unspecified atom stereocenters. The molecule has 1 aliphatic carbocycles. The van der Waals surface area contributed by atoms with Crippen LogP contribution in [0.3, 0.4) is 0 Å². The number of carbonyl (C=O) groups excluding carboxylic acids is 1. The minimum absolute atomic E-state index is 0.00860. The highest BCUT2D eigenvalue weighted by molar-refractivity contribution is 7.90. The van der Waals surface area contributed by atoms with Crippen LogP contribution in [0.2, 0.25) is 5.02 Å². The van der Waals surface area contributed by atoms with Crippen molar-refractivity contribution in [3.05, 3.63) is 28.8 Å². The van der Waals surface area contributed by atoms with Gasteiger partial charge in [-0.3, -0.25) is 4.79 Å². The van der Waals surface area contributed by atoms with Gasteiger partial charge in [0.1, 0.15) is 0 Å². The van der Waals surface area contributed by atoms with E-state index in [1.54, 1.807) is 18.0 Å². The summed E-state index contributed by atoms with van der Waals surface area (Å²) in [5.74, 6) is -0.145. The van der Waals surface area contributed by atoms with Crippen LogP contribution in [0, 0.1) is 0 Å². The van der Waals surface area contributed by atoms with E-state index in [1.807, 2.05) is 0 Å². The fraction of sp³-hybridized carbons (Fsp3) is 0.562. The lowest BCUT2D eigenvalue weighted by molar-refractivity contribution is 0.0717. The molecule has 0 bridgehead atoms. The quantitative estimate of drug-likeness (QED) is 0.789. The van der Waals surface area contributed by atoms with Gasteiger partial charge < -0.3 is 4.90 Å². The van der Waals surface area contributed by atoms with Crippen molar-refractivity contribution in [1.82, 2.24) is 4.90 Å². The van der Waals surface area contributed by atoms with Crippen LogP contribution in [0.15, 0.2) is 23.1 Å². The van der Waals surface area contributed by atoms with Crippen molar-refractivity contribution in [2.24, 2.45) is 0 Å². The van der Waals surface area contributed by atoms with Gasteiger partial charge in [-0.1, -0.05) is 37.3 Å². The van der Waals surface area contributed by atoms with Crippen molar-refractivity contribution in [2.45, 2.75) is 49.5 Å². The summed E-state index contributed by atoms with van der Waals surface area (Å²) in [6.45, 7) is 0. The minimum atomic E-state index is -3.45. The zero-order valence-electron chi connectivity index (χ0n) is 13.0. The first-order valence-electron chi connectivity index (χ1n) is 7.57. The molecular weight excluding hydrogens is 322 g/mol. The van der Waals surface area contributed by atoms with Gasteiger partial charge in [-0.25, -0.2) is 8.42 Å². The number of sulfone groups is 1. The molecule has 0 aromatic heterocycles. The van der Waals surface area contributed by atoms with Crippen molar-refractivity contribution in [3.8, 4) is 0 Å². The predicted octanol–water partition coefficient (Wildman–Crippen LogP) is 3.54. The maximum Gasteiger partial charge on any atom is 0.253 e. The zero-order chi connectivity index (χ0) is 16.3. The molecule has 0 aliphatic heterocycles.